The van der Waals surface area contributed by atoms with Crippen LogP contribution < -0.4 is 0 Å². The first kappa shape index (κ1) is 21.0. The summed E-state index contributed by atoms with van der Waals surface area (Å²) in [7, 11) is 0. The number of hydrogen-bond acceptors (Lipinski definition) is 8. The van der Waals surface area contributed by atoms with E-state index in [4.69, 9.17) is 0 Å². The van der Waals surface area contributed by atoms with E-state index in [1.807, 2.05) is 60.7 Å². The molecule has 0 aliphatic heterocycles. The molecule has 0 saturated heterocycles. The Morgan fingerprint density at radius 1 is 0.588 bits per heavy atom. The van der Waals surface area contributed by atoms with Gasteiger partial charge in [-0.3, -0.25) is 9.59 Å². The average molecular weight is 450 g/mol. The predicted molar refractivity (Wildman–Crippen MR) is 121 cm³/mol. The summed E-state index contributed by atoms with van der Waals surface area (Å²) in [5.74, 6) is 0.427. The van der Waals surface area contributed by atoms with Crippen LogP contribution >= 0.6 is 0 Å². The van der Waals surface area contributed by atoms with Crippen LogP contribution in [0.3, 0.4) is 0 Å². The van der Waals surface area contributed by atoms with Crippen LogP contribution in [0.4, 0.5) is 0 Å². The van der Waals surface area contributed by atoms with Crippen LogP contribution in [0.5, 0.6) is 0 Å². The zero-order chi connectivity index (χ0) is 23.3. The SMILES string of the molecule is O=C(Cc1nnnn1-c1ccccc1)c1cccc(C(=O)Cc2nnnn2-c2ccccc2)c1. The van der Waals surface area contributed by atoms with Crippen molar-refractivity contribution in [1.82, 2.24) is 40.4 Å². The molecular formula is C24H18N8O2. The Morgan fingerprint density at radius 3 is 1.47 bits per heavy atom. The third-order valence-corrected chi connectivity index (χ3v) is 5.21. The van der Waals surface area contributed by atoms with Crippen molar-refractivity contribution in [2.24, 2.45) is 0 Å². The molecule has 166 valence electrons. The van der Waals surface area contributed by atoms with Crippen molar-refractivity contribution < 1.29 is 9.59 Å². The molecule has 0 bridgehead atoms. The Labute approximate surface area is 193 Å². The van der Waals surface area contributed by atoms with Crippen LogP contribution in [0.1, 0.15) is 32.4 Å². The molecule has 10 heteroatoms. The Hall–Kier alpha value is -4.86. The number of ketones is 2. The largest absolute Gasteiger partial charge is 0.294 e. The molecule has 0 fully saturated rings. The first-order valence-electron chi connectivity index (χ1n) is 10.5. The van der Waals surface area contributed by atoms with Gasteiger partial charge in [-0.05, 0) is 51.2 Å². The fraction of sp³-hybridized carbons (Fsp3) is 0.0833. The van der Waals surface area contributed by atoms with E-state index in [0.29, 0.717) is 22.8 Å². The number of aromatic nitrogens is 8. The maximum atomic E-state index is 13.0. The molecule has 0 unspecified atom stereocenters. The van der Waals surface area contributed by atoms with Crippen molar-refractivity contribution >= 4 is 11.6 Å². The highest BCUT2D eigenvalue weighted by molar-refractivity contribution is 6.02. The molecule has 0 aliphatic carbocycles. The number of carbonyl (C=O) groups is 2. The lowest BCUT2D eigenvalue weighted by molar-refractivity contribution is 0.0989. The Bertz CT molecular complexity index is 1340. The molecule has 10 nitrogen and oxygen atoms in total. The number of benzene rings is 3. The monoisotopic (exact) mass is 450 g/mol. The Morgan fingerprint density at radius 2 is 1.03 bits per heavy atom. The Kier molecular flexibility index (Phi) is 5.76. The minimum atomic E-state index is -0.198. The second kappa shape index (κ2) is 9.33. The summed E-state index contributed by atoms with van der Waals surface area (Å²) in [6.45, 7) is 0. The standard InChI is InChI=1S/C24H18N8O2/c33-21(15-23-25-27-29-31(23)19-10-3-1-4-11-19)17-8-7-9-18(14-17)22(34)16-24-26-28-30-32(24)20-12-5-2-6-13-20/h1-14H,15-16H2. The van der Waals surface area contributed by atoms with Crippen LogP contribution in [-0.2, 0) is 12.8 Å². The third-order valence-electron chi connectivity index (χ3n) is 5.21. The Balaban J connectivity index is 1.33. The average Bonchev–Trinajstić information content (AvgIpc) is 3.55. The van der Waals surface area contributed by atoms with Crippen molar-refractivity contribution in [3.63, 3.8) is 0 Å². The highest BCUT2D eigenvalue weighted by Crippen LogP contribution is 2.14. The fourth-order valence-corrected chi connectivity index (χ4v) is 3.53. The van der Waals surface area contributed by atoms with Crippen LogP contribution in [0.15, 0.2) is 84.9 Å². The molecule has 34 heavy (non-hydrogen) atoms. The van der Waals surface area contributed by atoms with E-state index in [0.717, 1.165) is 11.4 Å². The van der Waals surface area contributed by atoms with Crippen LogP contribution in [0.2, 0.25) is 0 Å². The van der Waals surface area contributed by atoms with E-state index in [-0.39, 0.29) is 24.4 Å². The number of hydrogen-bond donors (Lipinski definition) is 0. The highest BCUT2D eigenvalue weighted by atomic mass is 16.1. The first-order valence-corrected chi connectivity index (χ1v) is 10.5. The number of tetrazole rings is 2. The minimum absolute atomic E-state index is 0.00814. The maximum Gasteiger partial charge on any atom is 0.170 e. The summed E-state index contributed by atoms with van der Waals surface area (Å²) in [5.41, 5.74) is 2.32. The molecule has 2 heterocycles. The van der Waals surface area contributed by atoms with Gasteiger partial charge < -0.3 is 0 Å². The fourth-order valence-electron chi connectivity index (χ4n) is 3.53. The number of carbonyl (C=O) groups excluding carboxylic acids is 2. The van der Waals surface area contributed by atoms with Gasteiger partial charge in [-0.1, -0.05) is 54.6 Å². The number of rotatable bonds is 8. The van der Waals surface area contributed by atoms with Crippen molar-refractivity contribution in [2.75, 3.05) is 0 Å². The zero-order valence-electron chi connectivity index (χ0n) is 17.9. The smallest absolute Gasteiger partial charge is 0.170 e. The lowest BCUT2D eigenvalue weighted by Crippen LogP contribution is -2.13. The normalized spacial score (nSPS) is 10.8. The lowest BCUT2D eigenvalue weighted by atomic mass is 10.0. The van der Waals surface area contributed by atoms with Gasteiger partial charge in [-0.15, -0.1) is 10.2 Å². The minimum Gasteiger partial charge on any atom is -0.294 e. The highest BCUT2D eigenvalue weighted by Gasteiger charge is 2.18. The van der Waals surface area contributed by atoms with Gasteiger partial charge in [0.05, 0.1) is 24.2 Å². The number of nitrogens with zero attached hydrogens (tertiary/aromatic N) is 8. The summed E-state index contributed by atoms with van der Waals surface area (Å²) in [4.78, 5) is 25.9. The molecule has 3 aromatic carbocycles. The lowest BCUT2D eigenvalue weighted by Gasteiger charge is -2.06. The van der Waals surface area contributed by atoms with E-state index in [2.05, 4.69) is 31.1 Å². The van der Waals surface area contributed by atoms with Crippen LogP contribution in [0.25, 0.3) is 11.4 Å². The predicted octanol–water partition coefficient (Wildman–Crippen LogP) is 2.49. The third kappa shape index (κ3) is 4.37. The van der Waals surface area contributed by atoms with E-state index < -0.39 is 0 Å². The van der Waals surface area contributed by atoms with Crippen molar-refractivity contribution in [1.29, 1.82) is 0 Å². The van der Waals surface area contributed by atoms with Gasteiger partial charge >= 0.3 is 0 Å². The first-order chi connectivity index (χ1) is 16.7. The summed E-state index contributed by atoms with van der Waals surface area (Å²) >= 11 is 0. The molecule has 0 aliphatic rings. The molecule has 5 aromatic rings. The molecule has 0 amide bonds. The van der Waals surface area contributed by atoms with E-state index in [1.54, 1.807) is 24.3 Å². The van der Waals surface area contributed by atoms with E-state index in [1.165, 1.54) is 9.36 Å². The molecule has 0 radical (unpaired) electrons. The van der Waals surface area contributed by atoms with E-state index >= 15 is 0 Å². The molecule has 0 saturated carbocycles. The molecule has 0 atom stereocenters. The summed E-state index contributed by atoms with van der Waals surface area (Å²) in [6.07, 6.45) is -0.0163. The quantitative estimate of drug-likeness (QED) is 0.331. The zero-order valence-corrected chi connectivity index (χ0v) is 17.9. The van der Waals surface area contributed by atoms with Crippen LogP contribution in [-0.4, -0.2) is 52.0 Å². The van der Waals surface area contributed by atoms with Gasteiger partial charge in [-0.2, -0.15) is 9.36 Å². The summed E-state index contributed by atoms with van der Waals surface area (Å²) in [6, 6.07) is 25.3. The number of para-hydroxylation sites is 2. The molecule has 2 aromatic heterocycles. The number of Topliss-reactive ketones (excluding diaryl/α,β-unsaturated/α-hetero) is 2. The summed E-state index contributed by atoms with van der Waals surface area (Å²) < 4.78 is 3.05. The maximum absolute atomic E-state index is 13.0. The van der Waals surface area contributed by atoms with E-state index in [9.17, 15) is 9.59 Å². The van der Waals surface area contributed by atoms with Gasteiger partial charge in [0.1, 0.15) is 0 Å². The van der Waals surface area contributed by atoms with Crippen molar-refractivity contribution in [2.45, 2.75) is 12.8 Å². The van der Waals surface area contributed by atoms with Crippen LogP contribution in [0, 0.1) is 0 Å². The molecular weight excluding hydrogens is 432 g/mol. The topological polar surface area (TPSA) is 121 Å². The van der Waals surface area contributed by atoms with Gasteiger partial charge in [0.2, 0.25) is 0 Å². The second-order valence-corrected chi connectivity index (χ2v) is 7.47. The summed E-state index contributed by atoms with van der Waals surface area (Å²) in [5, 5.41) is 23.4. The van der Waals surface area contributed by atoms with Gasteiger partial charge in [-0.25, -0.2) is 0 Å². The van der Waals surface area contributed by atoms with Gasteiger partial charge in [0.25, 0.3) is 0 Å². The van der Waals surface area contributed by atoms with Crippen molar-refractivity contribution in [3.05, 3.63) is 108 Å². The molecule has 5 rings (SSSR count). The van der Waals surface area contributed by atoms with Gasteiger partial charge in [0, 0.05) is 11.1 Å². The second-order valence-electron chi connectivity index (χ2n) is 7.47. The molecule has 0 spiro atoms. The van der Waals surface area contributed by atoms with Gasteiger partial charge in [0.15, 0.2) is 23.2 Å². The van der Waals surface area contributed by atoms with Crippen molar-refractivity contribution in [3.8, 4) is 11.4 Å². The molecule has 0 N–H and O–H groups in total.